The SMILES string of the molecule is C=C/C=C\C(N)=C(/C)c1ccccc1. The van der Waals surface area contributed by atoms with Gasteiger partial charge in [-0.2, -0.15) is 0 Å². The molecule has 0 aromatic heterocycles. The smallest absolute Gasteiger partial charge is 0.0349 e. The molecular weight excluding hydrogens is 170 g/mol. The first-order valence-corrected chi connectivity index (χ1v) is 4.56. The molecule has 72 valence electrons. The first-order valence-electron chi connectivity index (χ1n) is 4.56. The monoisotopic (exact) mass is 185 g/mol. The third-order valence-electron chi connectivity index (χ3n) is 2.05. The lowest BCUT2D eigenvalue weighted by molar-refractivity contribution is 1.39. The van der Waals surface area contributed by atoms with Crippen LogP contribution in [0.15, 0.2) is 60.8 Å². The molecule has 1 rings (SSSR count). The van der Waals surface area contributed by atoms with Crippen molar-refractivity contribution in [1.82, 2.24) is 0 Å². The van der Waals surface area contributed by atoms with Crippen LogP contribution in [-0.4, -0.2) is 0 Å². The second-order valence-electron chi connectivity index (χ2n) is 3.04. The minimum Gasteiger partial charge on any atom is -0.398 e. The summed E-state index contributed by atoms with van der Waals surface area (Å²) in [5.74, 6) is 0. The quantitative estimate of drug-likeness (QED) is 0.719. The number of rotatable bonds is 3. The van der Waals surface area contributed by atoms with Crippen molar-refractivity contribution in [2.45, 2.75) is 6.92 Å². The Labute approximate surface area is 85.3 Å². The average molecular weight is 185 g/mol. The predicted octanol–water partition coefficient (Wildman–Crippen LogP) is 3.12. The molecule has 0 unspecified atom stereocenters. The lowest BCUT2D eigenvalue weighted by Crippen LogP contribution is -1.96. The van der Waals surface area contributed by atoms with E-state index in [2.05, 4.69) is 6.58 Å². The van der Waals surface area contributed by atoms with Crippen molar-refractivity contribution in [2.75, 3.05) is 0 Å². The summed E-state index contributed by atoms with van der Waals surface area (Å²) in [5, 5.41) is 0. The maximum absolute atomic E-state index is 5.88. The Morgan fingerprint density at radius 2 is 1.93 bits per heavy atom. The molecule has 0 saturated heterocycles. The van der Waals surface area contributed by atoms with Crippen LogP contribution in [0.5, 0.6) is 0 Å². The molecule has 0 fully saturated rings. The summed E-state index contributed by atoms with van der Waals surface area (Å²) in [6, 6.07) is 10.1. The van der Waals surface area contributed by atoms with Gasteiger partial charge in [-0.05, 0) is 24.1 Å². The van der Waals surface area contributed by atoms with E-state index in [9.17, 15) is 0 Å². The lowest BCUT2D eigenvalue weighted by Gasteiger charge is -2.03. The number of benzene rings is 1. The molecule has 0 aliphatic heterocycles. The Bertz CT molecular complexity index is 358. The molecular formula is C13H15N. The summed E-state index contributed by atoms with van der Waals surface area (Å²) in [6.45, 7) is 5.61. The minimum absolute atomic E-state index is 0.774. The predicted molar refractivity (Wildman–Crippen MR) is 62.6 cm³/mol. The average Bonchev–Trinajstić information content (AvgIpc) is 2.26. The molecule has 0 aliphatic rings. The van der Waals surface area contributed by atoms with Crippen molar-refractivity contribution in [3.8, 4) is 0 Å². The molecule has 1 aromatic carbocycles. The van der Waals surface area contributed by atoms with E-state index in [0.717, 1.165) is 16.8 Å². The second kappa shape index (κ2) is 5.07. The Morgan fingerprint density at radius 1 is 1.29 bits per heavy atom. The highest BCUT2D eigenvalue weighted by molar-refractivity contribution is 5.68. The van der Waals surface area contributed by atoms with Gasteiger partial charge in [-0.3, -0.25) is 0 Å². The van der Waals surface area contributed by atoms with Crippen LogP contribution in [0.25, 0.3) is 5.57 Å². The highest BCUT2D eigenvalue weighted by atomic mass is 14.6. The Morgan fingerprint density at radius 3 is 2.50 bits per heavy atom. The first-order chi connectivity index (χ1) is 6.75. The zero-order valence-electron chi connectivity index (χ0n) is 8.40. The van der Waals surface area contributed by atoms with E-state index < -0.39 is 0 Å². The molecule has 1 heteroatoms. The number of hydrogen-bond donors (Lipinski definition) is 1. The molecule has 0 atom stereocenters. The largest absolute Gasteiger partial charge is 0.398 e. The van der Waals surface area contributed by atoms with Crippen LogP contribution in [0, 0.1) is 0 Å². The zero-order valence-corrected chi connectivity index (χ0v) is 8.40. The summed E-state index contributed by atoms with van der Waals surface area (Å²) in [4.78, 5) is 0. The summed E-state index contributed by atoms with van der Waals surface area (Å²) in [7, 11) is 0. The molecule has 0 heterocycles. The molecule has 14 heavy (non-hydrogen) atoms. The lowest BCUT2D eigenvalue weighted by atomic mass is 10.1. The molecule has 0 bridgehead atoms. The summed E-state index contributed by atoms with van der Waals surface area (Å²) >= 11 is 0. The van der Waals surface area contributed by atoms with E-state index in [4.69, 9.17) is 5.73 Å². The summed E-state index contributed by atoms with van der Waals surface area (Å²) in [5.41, 5.74) is 8.89. The van der Waals surface area contributed by atoms with Gasteiger partial charge >= 0.3 is 0 Å². The Kier molecular flexibility index (Phi) is 3.74. The minimum atomic E-state index is 0.774. The van der Waals surface area contributed by atoms with Gasteiger partial charge in [0.15, 0.2) is 0 Å². The van der Waals surface area contributed by atoms with Crippen LogP contribution in [0.1, 0.15) is 12.5 Å². The third-order valence-corrected chi connectivity index (χ3v) is 2.05. The maximum atomic E-state index is 5.88. The van der Waals surface area contributed by atoms with Crippen molar-refractivity contribution < 1.29 is 0 Å². The highest BCUT2D eigenvalue weighted by Gasteiger charge is 1.96. The van der Waals surface area contributed by atoms with Gasteiger partial charge in [0.2, 0.25) is 0 Å². The second-order valence-corrected chi connectivity index (χ2v) is 3.04. The molecule has 1 aromatic rings. The van der Waals surface area contributed by atoms with Crippen molar-refractivity contribution >= 4 is 5.57 Å². The molecule has 2 N–H and O–H groups in total. The topological polar surface area (TPSA) is 26.0 Å². The van der Waals surface area contributed by atoms with Gasteiger partial charge in [-0.15, -0.1) is 0 Å². The zero-order chi connectivity index (χ0) is 10.4. The van der Waals surface area contributed by atoms with E-state index in [0.29, 0.717) is 0 Å². The summed E-state index contributed by atoms with van der Waals surface area (Å²) < 4.78 is 0. The van der Waals surface area contributed by atoms with Crippen molar-refractivity contribution in [3.05, 3.63) is 66.4 Å². The van der Waals surface area contributed by atoms with E-state index in [1.54, 1.807) is 6.08 Å². The number of nitrogens with two attached hydrogens (primary N) is 1. The van der Waals surface area contributed by atoms with E-state index in [1.165, 1.54) is 0 Å². The fourth-order valence-electron chi connectivity index (χ4n) is 1.15. The molecule has 0 saturated carbocycles. The van der Waals surface area contributed by atoms with Crippen molar-refractivity contribution in [1.29, 1.82) is 0 Å². The van der Waals surface area contributed by atoms with Crippen LogP contribution in [0.4, 0.5) is 0 Å². The Balaban J connectivity index is 2.98. The number of allylic oxidation sites excluding steroid dienone is 4. The van der Waals surface area contributed by atoms with Gasteiger partial charge in [0.1, 0.15) is 0 Å². The van der Waals surface area contributed by atoms with Crippen LogP contribution in [0.3, 0.4) is 0 Å². The van der Waals surface area contributed by atoms with Crippen LogP contribution in [-0.2, 0) is 0 Å². The van der Waals surface area contributed by atoms with Gasteiger partial charge in [-0.1, -0.05) is 49.1 Å². The number of hydrogen-bond acceptors (Lipinski definition) is 1. The first kappa shape index (κ1) is 10.3. The van der Waals surface area contributed by atoms with Crippen LogP contribution >= 0.6 is 0 Å². The maximum Gasteiger partial charge on any atom is 0.0349 e. The van der Waals surface area contributed by atoms with E-state index in [-0.39, 0.29) is 0 Å². The fraction of sp³-hybridized carbons (Fsp3) is 0.0769. The van der Waals surface area contributed by atoms with E-state index >= 15 is 0 Å². The van der Waals surface area contributed by atoms with Crippen LogP contribution in [0.2, 0.25) is 0 Å². The van der Waals surface area contributed by atoms with Gasteiger partial charge < -0.3 is 5.73 Å². The Hall–Kier alpha value is -1.76. The molecule has 0 spiro atoms. The molecule has 1 nitrogen and oxygen atoms in total. The molecule has 0 radical (unpaired) electrons. The normalized spacial score (nSPS) is 12.6. The molecule has 0 aliphatic carbocycles. The van der Waals surface area contributed by atoms with Gasteiger partial charge in [0.05, 0.1) is 0 Å². The van der Waals surface area contributed by atoms with Gasteiger partial charge in [0, 0.05) is 5.70 Å². The van der Waals surface area contributed by atoms with Crippen molar-refractivity contribution in [2.24, 2.45) is 5.73 Å². The highest BCUT2D eigenvalue weighted by Crippen LogP contribution is 2.15. The summed E-state index contributed by atoms with van der Waals surface area (Å²) in [6.07, 6.45) is 5.40. The fourth-order valence-corrected chi connectivity index (χ4v) is 1.15. The van der Waals surface area contributed by atoms with Crippen LogP contribution < -0.4 is 5.73 Å². The third kappa shape index (κ3) is 2.63. The van der Waals surface area contributed by atoms with Gasteiger partial charge in [0.25, 0.3) is 0 Å². The molecule has 0 amide bonds. The van der Waals surface area contributed by atoms with Gasteiger partial charge in [-0.25, -0.2) is 0 Å². The van der Waals surface area contributed by atoms with E-state index in [1.807, 2.05) is 49.4 Å². The van der Waals surface area contributed by atoms with Crippen molar-refractivity contribution in [3.63, 3.8) is 0 Å². The standard InChI is InChI=1S/C13H15N/c1-3-4-10-13(14)11(2)12-8-6-5-7-9-12/h3-10H,1,14H2,2H3/b10-4-,13-11-.